The van der Waals surface area contributed by atoms with Crippen LogP contribution in [0.3, 0.4) is 0 Å². The fraction of sp³-hybridized carbons (Fsp3) is 0.0769. The quantitative estimate of drug-likeness (QED) is 0.631. The molecule has 5 heteroatoms. The van der Waals surface area contributed by atoms with Crippen LogP contribution in [0, 0.1) is 0 Å². The van der Waals surface area contributed by atoms with E-state index < -0.39 is 5.97 Å². The number of nitrogens with two attached hydrogens (primary N) is 2. The van der Waals surface area contributed by atoms with Crippen molar-refractivity contribution in [2.75, 3.05) is 11.5 Å². The van der Waals surface area contributed by atoms with Crippen molar-refractivity contribution in [2.45, 2.75) is 6.61 Å². The van der Waals surface area contributed by atoms with Crippen LogP contribution in [-0.4, -0.2) is 11.0 Å². The number of carbonyl (C=O) groups excluding carboxylic acids is 1. The largest absolute Gasteiger partial charge is 0.456 e. The Morgan fingerprint density at radius 2 is 1.89 bits per heavy atom. The maximum Gasteiger partial charge on any atom is 0.338 e. The van der Waals surface area contributed by atoms with Crippen LogP contribution in [0.1, 0.15) is 16.1 Å². The summed E-state index contributed by atoms with van der Waals surface area (Å²) in [5.41, 5.74) is 13.1. The highest BCUT2D eigenvalue weighted by molar-refractivity contribution is 5.91. The molecule has 0 fully saturated rings. The molecule has 2 aromatic rings. The molecule has 0 bridgehead atoms. The number of esters is 1. The molecule has 4 N–H and O–H groups in total. The molecule has 0 atom stereocenters. The van der Waals surface area contributed by atoms with Crippen molar-refractivity contribution < 1.29 is 9.53 Å². The topological polar surface area (TPSA) is 91.2 Å². The monoisotopic (exact) mass is 243 g/mol. The van der Waals surface area contributed by atoms with Gasteiger partial charge in [0, 0.05) is 17.6 Å². The zero-order valence-electron chi connectivity index (χ0n) is 9.67. The Morgan fingerprint density at radius 1 is 1.17 bits per heavy atom. The molecule has 0 spiro atoms. The number of hydrogen-bond acceptors (Lipinski definition) is 5. The number of anilines is 2. The van der Waals surface area contributed by atoms with Gasteiger partial charge in [0.2, 0.25) is 0 Å². The van der Waals surface area contributed by atoms with Crippen LogP contribution in [0.4, 0.5) is 11.4 Å². The summed E-state index contributed by atoms with van der Waals surface area (Å²) in [6.07, 6.45) is 1.64. The van der Waals surface area contributed by atoms with Gasteiger partial charge in [-0.2, -0.15) is 0 Å². The average Bonchev–Trinajstić information content (AvgIpc) is 2.36. The molecule has 0 radical (unpaired) electrons. The molecule has 2 rings (SSSR count). The van der Waals surface area contributed by atoms with Crippen molar-refractivity contribution in [1.82, 2.24) is 4.98 Å². The van der Waals surface area contributed by atoms with E-state index in [0.29, 0.717) is 22.6 Å². The average molecular weight is 243 g/mol. The first-order valence-electron chi connectivity index (χ1n) is 5.38. The molecule has 0 aliphatic heterocycles. The van der Waals surface area contributed by atoms with Crippen molar-refractivity contribution in [3.05, 3.63) is 53.9 Å². The molecule has 0 saturated heterocycles. The van der Waals surface area contributed by atoms with Crippen molar-refractivity contribution >= 4 is 17.3 Å². The van der Waals surface area contributed by atoms with E-state index in [-0.39, 0.29) is 6.61 Å². The van der Waals surface area contributed by atoms with Gasteiger partial charge in [-0.25, -0.2) is 4.79 Å². The Balaban J connectivity index is 2.04. The molecule has 18 heavy (non-hydrogen) atoms. The molecule has 5 nitrogen and oxygen atoms in total. The third-order valence-corrected chi connectivity index (χ3v) is 2.29. The molecule has 92 valence electrons. The predicted molar refractivity (Wildman–Crippen MR) is 68.6 cm³/mol. The molecule has 0 unspecified atom stereocenters. The number of aromatic nitrogens is 1. The lowest BCUT2D eigenvalue weighted by atomic mass is 10.2. The zero-order chi connectivity index (χ0) is 13.0. The van der Waals surface area contributed by atoms with Crippen molar-refractivity contribution in [1.29, 1.82) is 0 Å². The highest BCUT2D eigenvalue weighted by Crippen LogP contribution is 2.15. The maximum atomic E-state index is 11.8. The third-order valence-electron chi connectivity index (χ3n) is 2.29. The van der Waals surface area contributed by atoms with E-state index in [9.17, 15) is 4.79 Å². The van der Waals surface area contributed by atoms with Crippen LogP contribution >= 0.6 is 0 Å². The zero-order valence-corrected chi connectivity index (χ0v) is 9.67. The number of nitrogen functional groups attached to an aromatic ring is 2. The molecule has 1 aromatic heterocycles. The molecular weight excluding hydrogens is 230 g/mol. The highest BCUT2D eigenvalue weighted by atomic mass is 16.5. The first kappa shape index (κ1) is 11.9. The number of rotatable bonds is 3. The minimum absolute atomic E-state index is 0.119. The van der Waals surface area contributed by atoms with Gasteiger partial charge in [0.15, 0.2) is 0 Å². The second-order valence-electron chi connectivity index (χ2n) is 3.79. The first-order chi connectivity index (χ1) is 8.65. The summed E-state index contributed by atoms with van der Waals surface area (Å²) >= 11 is 0. The number of pyridine rings is 1. The lowest BCUT2D eigenvalue weighted by Crippen LogP contribution is -2.07. The maximum absolute atomic E-state index is 11.8. The molecule has 1 heterocycles. The van der Waals surface area contributed by atoms with Gasteiger partial charge in [-0.1, -0.05) is 6.07 Å². The molecule has 0 amide bonds. The molecule has 0 aliphatic carbocycles. The van der Waals surface area contributed by atoms with Gasteiger partial charge in [0.05, 0.1) is 11.3 Å². The lowest BCUT2D eigenvalue weighted by Gasteiger charge is -2.06. The number of nitrogens with zero attached hydrogens (tertiary/aromatic N) is 1. The number of carbonyl (C=O) groups is 1. The van der Waals surface area contributed by atoms with Crippen LogP contribution in [0.25, 0.3) is 0 Å². The van der Waals surface area contributed by atoms with Crippen molar-refractivity contribution in [3.8, 4) is 0 Å². The summed E-state index contributed by atoms with van der Waals surface area (Å²) in [5, 5.41) is 0. The fourth-order valence-electron chi connectivity index (χ4n) is 1.50. The Labute approximate surface area is 104 Å². The second kappa shape index (κ2) is 5.18. The summed E-state index contributed by atoms with van der Waals surface area (Å²) in [7, 11) is 0. The van der Waals surface area contributed by atoms with Gasteiger partial charge in [0.25, 0.3) is 0 Å². The minimum Gasteiger partial charge on any atom is -0.456 e. The van der Waals surface area contributed by atoms with Gasteiger partial charge in [-0.3, -0.25) is 4.98 Å². The van der Waals surface area contributed by atoms with Crippen LogP contribution < -0.4 is 11.5 Å². The van der Waals surface area contributed by atoms with Crippen molar-refractivity contribution in [3.63, 3.8) is 0 Å². The van der Waals surface area contributed by atoms with Gasteiger partial charge in [0.1, 0.15) is 6.61 Å². The van der Waals surface area contributed by atoms with Gasteiger partial charge < -0.3 is 16.2 Å². The summed E-state index contributed by atoms with van der Waals surface area (Å²) in [5.74, 6) is -0.473. The number of ether oxygens (including phenoxy) is 1. The Kier molecular flexibility index (Phi) is 3.43. The summed E-state index contributed by atoms with van der Waals surface area (Å²) in [6.45, 7) is 0.119. The Morgan fingerprint density at radius 3 is 2.50 bits per heavy atom. The molecule has 1 aromatic carbocycles. The van der Waals surface area contributed by atoms with Crippen LogP contribution in [0.5, 0.6) is 0 Å². The third kappa shape index (κ3) is 2.98. The van der Waals surface area contributed by atoms with E-state index in [4.69, 9.17) is 16.2 Å². The Hall–Kier alpha value is -2.56. The SMILES string of the molecule is Nc1cc(N)cc(C(=O)OCc2ccccn2)c1. The van der Waals surface area contributed by atoms with Crippen molar-refractivity contribution in [2.24, 2.45) is 0 Å². The summed E-state index contributed by atoms with van der Waals surface area (Å²) in [4.78, 5) is 15.8. The van der Waals surface area contributed by atoms with E-state index in [1.54, 1.807) is 24.4 Å². The highest BCUT2D eigenvalue weighted by Gasteiger charge is 2.09. The second-order valence-corrected chi connectivity index (χ2v) is 3.79. The van der Waals surface area contributed by atoms with Gasteiger partial charge in [-0.15, -0.1) is 0 Å². The van der Waals surface area contributed by atoms with Crippen LogP contribution in [0.15, 0.2) is 42.6 Å². The fourth-order valence-corrected chi connectivity index (χ4v) is 1.50. The van der Waals surface area contributed by atoms with E-state index >= 15 is 0 Å². The van der Waals surface area contributed by atoms with Crippen LogP contribution in [0.2, 0.25) is 0 Å². The summed E-state index contributed by atoms with van der Waals surface area (Å²) < 4.78 is 5.11. The standard InChI is InChI=1S/C13H13N3O2/c14-10-5-9(6-11(15)7-10)13(17)18-8-12-3-1-2-4-16-12/h1-7H,8,14-15H2. The lowest BCUT2D eigenvalue weighted by molar-refractivity contribution is 0.0468. The molecule has 0 saturated carbocycles. The van der Waals surface area contributed by atoms with E-state index in [0.717, 1.165) is 0 Å². The van der Waals surface area contributed by atoms with Gasteiger partial charge in [-0.05, 0) is 30.3 Å². The molecule has 0 aliphatic rings. The Bertz CT molecular complexity index is 535. The predicted octanol–water partition coefficient (Wildman–Crippen LogP) is 1.60. The number of hydrogen-bond donors (Lipinski definition) is 2. The smallest absolute Gasteiger partial charge is 0.338 e. The van der Waals surface area contributed by atoms with E-state index in [1.165, 1.54) is 12.1 Å². The number of benzene rings is 1. The normalized spacial score (nSPS) is 10.0. The summed E-state index contributed by atoms with van der Waals surface area (Å²) in [6, 6.07) is 10.0. The first-order valence-corrected chi connectivity index (χ1v) is 5.38. The minimum atomic E-state index is -0.473. The van der Waals surface area contributed by atoms with E-state index in [2.05, 4.69) is 4.98 Å². The van der Waals surface area contributed by atoms with Gasteiger partial charge >= 0.3 is 5.97 Å². The van der Waals surface area contributed by atoms with Crippen LogP contribution in [-0.2, 0) is 11.3 Å². The molecular formula is C13H13N3O2. The van der Waals surface area contributed by atoms with E-state index in [1.807, 2.05) is 6.07 Å².